The van der Waals surface area contributed by atoms with Crippen LogP contribution in [0.5, 0.6) is 0 Å². The summed E-state index contributed by atoms with van der Waals surface area (Å²) in [6.45, 7) is 29.2. The minimum absolute atomic E-state index is 0.195. The zero-order valence-corrected chi connectivity index (χ0v) is 28.8. The Labute approximate surface area is 222 Å². The molecule has 0 saturated carbocycles. The van der Waals surface area contributed by atoms with Gasteiger partial charge in [0.2, 0.25) is 5.95 Å². The summed E-state index contributed by atoms with van der Waals surface area (Å²) < 4.78 is 33.6. The van der Waals surface area contributed by atoms with Crippen LogP contribution in [0.15, 0.2) is 16.9 Å². The molecule has 1 fully saturated rings. The topological polar surface area (TPSA) is 88.4 Å². The van der Waals surface area contributed by atoms with Crippen LogP contribution in [0.3, 0.4) is 0 Å². The Morgan fingerprint density at radius 1 is 0.917 bits per heavy atom. The molecule has 0 aromatic carbocycles. The Balaban J connectivity index is 2.63. The van der Waals surface area contributed by atoms with Gasteiger partial charge in [-0.05, 0) is 91.6 Å². The Morgan fingerprint density at radius 3 is 1.97 bits per heavy atom. The van der Waals surface area contributed by atoms with E-state index in [0.29, 0.717) is 24.6 Å². The first kappa shape index (κ1) is 31.6. The number of rotatable bonds is 11. The van der Waals surface area contributed by atoms with E-state index in [1.807, 2.05) is 23.8 Å². The van der Waals surface area contributed by atoms with Gasteiger partial charge in [-0.15, -0.1) is 0 Å². The number of hydrogen-bond donors (Lipinski definition) is 1. The molecule has 36 heavy (non-hydrogen) atoms. The van der Waals surface area contributed by atoms with Crippen molar-refractivity contribution in [1.29, 1.82) is 0 Å². The van der Waals surface area contributed by atoms with Crippen molar-refractivity contribution in [3.8, 4) is 0 Å². The summed E-state index contributed by atoms with van der Waals surface area (Å²) >= 11 is 0. The summed E-state index contributed by atoms with van der Waals surface area (Å²) in [4.78, 5) is 10.4. The second kappa shape index (κ2) is 12.0. The Hall–Kier alpha value is -0.652. The van der Waals surface area contributed by atoms with Crippen molar-refractivity contribution in [3.05, 3.63) is 17.8 Å². The average Bonchev–Trinajstić information content (AvgIpc) is 2.65. The van der Waals surface area contributed by atoms with Crippen LogP contribution in [0.2, 0.25) is 78.6 Å². The van der Waals surface area contributed by atoms with E-state index in [1.54, 1.807) is 0 Å². The van der Waals surface area contributed by atoms with Crippen LogP contribution in [0, 0.1) is 0 Å². The number of nitrogens with zero attached hydrogens (tertiary/aromatic N) is 3. The van der Waals surface area contributed by atoms with Crippen molar-refractivity contribution < 1.29 is 22.9 Å². The molecular formula is C23H50N4O5Si4. The molecule has 1 aromatic heterocycles. The second-order valence-electron chi connectivity index (χ2n) is 13.2. The summed E-state index contributed by atoms with van der Waals surface area (Å²) in [5, 5.41) is 0. The van der Waals surface area contributed by atoms with E-state index in [0.717, 1.165) is 0 Å². The van der Waals surface area contributed by atoms with Gasteiger partial charge in [0, 0.05) is 6.20 Å². The van der Waals surface area contributed by atoms with Crippen molar-refractivity contribution in [3.63, 3.8) is 0 Å². The van der Waals surface area contributed by atoms with Crippen molar-refractivity contribution in [2.45, 2.75) is 110 Å². The highest BCUT2D eigenvalue weighted by molar-refractivity contribution is 6.74. The third-order valence-electron chi connectivity index (χ3n) is 4.77. The molecule has 9 nitrogen and oxygen atoms in total. The fraction of sp³-hybridized carbons (Fsp3) is 0.826. The largest absolute Gasteiger partial charge is 0.410 e. The maximum absolute atomic E-state index is 6.83. The van der Waals surface area contributed by atoms with Crippen LogP contribution in [-0.4, -0.2) is 74.3 Å². The molecule has 0 bridgehead atoms. The first-order valence-electron chi connectivity index (χ1n) is 13.0. The van der Waals surface area contributed by atoms with E-state index in [2.05, 4.69) is 84.0 Å². The van der Waals surface area contributed by atoms with Gasteiger partial charge in [-0.3, -0.25) is 9.40 Å². The lowest BCUT2D eigenvalue weighted by Gasteiger charge is -2.48. The van der Waals surface area contributed by atoms with E-state index in [1.165, 1.54) is 0 Å². The molecule has 0 amide bonds. The van der Waals surface area contributed by atoms with Crippen molar-refractivity contribution >= 4 is 39.1 Å². The summed E-state index contributed by atoms with van der Waals surface area (Å²) in [7, 11) is -7.51. The monoisotopic (exact) mass is 574 g/mol. The molecule has 1 saturated heterocycles. The standard InChI is InChI=1S/C23H50N4O5Si4/c1-14-29-25-23-24-19(26-33(2,3)4)15-16-27(23)22-21(32-36(11,12)13)20(31-35(8,9)10)18(17-28-22)30-34(5,6)7/h15-16,18,20-22H,14,17H2,1-13H3,(H,24,25,26)/t18-,20?,21?,22+/m1/s1. The van der Waals surface area contributed by atoms with Gasteiger partial charge in [0.15, 0.2) is 39.4 Å². The highest BCUT2D eigenvalue weighted by Gasteiger charge is 2.48. The molecule has 1 N–H and O–H groups in total. The number of hydrogen-bond acceptors (Lipinski definition) is 8. The molecule has 2 heterocycles. The van der Waals surface area contributed by atoms with Crippen LogP contribution < -0.4 is 11.0 Å². The van der Waals surface area contributed by atoms with E-state index in [-0.39, 0.29) is 18.3 Å². The third kappa shape index (κ3) is 10.6. The van der Waals surface area contributed by atoms with E-state index in [4.69, 9.17) is 32.5 Å². The van der Waals surface area contributed by atoms with Crippen molar-refractivity contribution in [2.24, 2.45) is 4.66 Å². The zero-order chi connectivity index (χ0) is 27.5. The number of anilines is 1. The third-order valence-corrected chi connectivity index (χ3v) is 8.64. The van der Waals surface area contributed by atoms with Crippen molar-refractivity contribution in [2.75, 3.05) is 18.7 Å². The minimum Gasteiger partial charge on any atom is -0.410 e. The lowest BCUT2D eigenvalue weighted by molar-refractivity contribution is -0.195. The minimum atomic E-state index is -2.00. The number of ether oxygens (including phenoxy) is 1. The predicted molar refractivity (Wildman–Crippen MR) is 156 cm³/mol. The highest BCUT2D eigenvalue weighted by atomic mass is 28.4. The summed E-state index contributed by atoms with van der Waals surface area (Å²) in [5.41, 5.74) is 3.69. The maximum atomic E-state index is 6.83. The molecule has 0 aliphatic carbocycles. The molecule has 2 rings (SSSR count). The number of nitrogens with one attached hydrogen (secondary N) is 1. The molecular weight excluding hydrogens is 525 g/mol. The predicted octanol–water partition coefficient (Wildman–Crippen LogP) is 5.17. The van der Waals surface area contributed by atoms with Gasteiger partial charge in [0.25, 0.3) is 0 Å². The SMILES string of the molecule is CCONc1n/c(=N/[Si](C)(C)C)ccn1[C@H]1OC[C@@H](O[Si](C)(C)C)C(O[Si](C)(C)C)C1O[Si](C)(C)C. The molecule has 1 aliphatic heterocycles. The van der Waals surface area contributed by atoms with E-state index < -0.39 is 39.4 Å². The summed E-state index contributed by atoms with van der Waals surface area (Å²) in [6, 6.07) is 1.93. The van der Waals surface area contributed by atoms with Crippen molar-refractivity contribution in [1.82, 2.24) is 9.55 Å². The fourth-order valence-electron chi connectivity index (χ4n) is 3.88. The Kier molecular flexibility index (Phi) is 10.5. The second-order valence-corrected chi connectivity index (χ2v) is 31.2. The smallest absolute Gasteiger partial charge is 0.231 e. The molecule has 1 aromatic rings. The van der Waals surface area contributed by atoms with Gasteiger partial charge in [-0.25, -0.2) is 5.48 Å². The first-order valence-corrected chi connectivity index (χ1v) is 26.6. The lowest BCUT2D eigenvalue weighted by atomic mass is 10.0. The average molecular weight is 575 g/mol. The zero-order valence-electron chi connectivity index (χ0n) is 24.8. The van der Waals surface area contributed by atoms with Crippen LogP contribution in [0.1, 0.15) is 13.2 Å². The molecule has 2 unspecified atom stereocenters. The molecule has 0 spiro atoms. The Morgan fingerprint density at radius 2 is 1.47 bits per heavy atom. The van der Waals surface area contributed by atoms with Gasteiger partial charge >= 0.3 is 0 Å². The van der Waals surface area contributed by atoms with Gasteiger partial charge in [-0.1, -0.05) is 0 Å². The molecule has 13 heteroatoms. The molecule has 1 aliphatic rings. The van der Waals surface area contributed by atoms with Crippen LogP contribution >= 0.6 is 0 Å². The van der Waals surface area contributed by atoms with Crippen LogP contribution in [-0.2, 0) is 22.9 Å². The van der Waals surface area contributed by atoms with Gasteiger partial charge in [-0.2, -0.15) is 4.98 Å². The number of aromatic nitrogens is 2. The van der Waals surface area contributed by atoms with Gasteiger partial charge in [0.05, 0.1) is 19.3 Å². The lowest BCUT2D eigenvalue weighted by Crippen LogP contribution is -2.60. The quantitative estimate of drug-likeness (QED) is 0.288. The van der Waals surface area contributed by atoms with Crippen LogP contribution in [0.25, 0.3) is 0 Å². The molecule has 0 radical (unpaired) electrons. The first-order chi connectivity index (χ1) is 16.3. The fourth-order valence-corrected chi connectivity index (χ4v) is 7.97. The van der Waals surface area contributed by atoms with Gasteiger partial charge < -0.3 is 22.7 Å². The normalized spacial score (nSPS) is 24.8. The van der Waals surface area contributed by atoms with Crippen LogP contribution in [0.4, 0.5) is 5.95 Å². The van der Waals surface area contributed by atoms with E-state index in [9.17, 15) is 0 Å². The van der Waals surface area contributed by atoms with E-state index >= 15 is 0 Å². The maximum Gasteiger partial charge on any atom is 0.231 e. The summed E-state index contributed by atoms with van der Waals surface area (Å²) in [6.07, 6.45) is 0.680. The molecule has 208 valence electrons. The van der Waals surface area contributed by atoms with Gasteiger partial charge in [0.1, 0.15) is 17.7 Å². The summed E-state index contributed by atoms with van der Waals surface area (Å²) in [5.74, 6) is 0.529. The highest BCUT2D eigenvalue weighted by Crippen LogP contribution is 2.35. The Bertz CT molecular complexity index is 919. The molecule has 4 atom stereocenters.